The van der Waals surface area contributed by atoms with Crippen molar-refractivity contribution in [2.75, 3.05) is 25.0 Å². The molecule has 23 heavy (non-hydrogen) atoms. The zero-order chi connectivity index (χ0) is 16.6. The number of anilines is 1. The minimum absolute atomic E-state index is 0.0226. The number of hydrogen-bond acceptors (Lipinski definition) is 4. The first-order chi connectivity index (χ1) is 10.9. The van der Waals surface area contributed by atoms with Gasteiger partial charge in [-0.2, -0.15) is 4.31 Å². The topological polar surface area (TPSA) is 53.5 Å². The van der Waals surface area contributed by atoms with Crippen LogP contribution in [0.15, 0.2) is 41.3 Å². The zero-order valence-electron chi connectivity index (χ0n) is 12.4. The summed E-state index contributed by atoms with van der Waals surface area (Å²) in [6, 6.07) is 10.6. The van der Waals surface area contributed by atoms with E-state index < -0.39 is 10.0 Å². The zero-order valence-corrected chi connectivity index (χ0v) is 14.7. The lowest BCUT2D eigenvalue weighted by molar-refractivity contribution is 0.420. The van der Waals surface area contributed by atoms with Crippen LogP contribution >= 0.6 is 23.2 Å². The molecule has 1 aliphatic rings. The third-order valence-electron chi connectivity index (χ3n) is 3.83. The van der Waals surface area contributed by atoms with Crippen molar-refractivity contribution < 1.29 is 8.42 Å². The van der Waals surface area contributed by atoms with Gasteiger partial charge in [0.1, 0.15) is 10.0 Å². The predicted octanol–water partition coefficient (Wildman–Crippen LogP) is 3.03. The summed E-state index contributed by atoms with van der Waals surface area (Å²) in [6.45, 7) is 1.25. The molecule has 2 aromatic rings. The molecule has 0 N–H and O–H groups in total. The van der Waals surface area contributed by atoms with E-state index in [1.54, 1.807) is 0 Å². The first-order valence-electron chi connectivity index (χ1n) is 7.01. The molecule has 122 valence electrons. The van der Waals surface area contributed by atoms with Crippen LogP contribution in [0.5, 0.6) is 0 Å². The molecule has 0 aliphatic carbocycles. The molecule has 0 amide bonds. The summed E-state index contributed by atoms with van der Waals surface area (Å²) < 4.78 is 27.3. The van der Waals surface area contributed by atoms with Crippen LogP contribution in [-0.2, 0) is 16.6 Å². The number of likely N-dealkylation sites (N-methyl/N-ethyl adjacent to an activating group) is 1. The number of pyridine rings is 1. The number of aromatic nitrogens is 1. The molecule has 0 bridgehead atoms. The molecular formula is C15H15Cl2N3O2S. The fourth-order valence-electron chi connectivity index (χ4n) is 2.60. The van der Waals surface area contributed by atoms with Crippen LogP contribution in [0.4, 0.5) is 5.69 Å². The molecule has 5 nitrogen and oxygen atoms in total. The lowest BCUT2D eigenvalue weighted by atomic mass is 10.1. The molecular weight excluding hydrogens is 357 g/mol. The van der Waals surface area contributed by atoms with Gasteiger partial charge in [-0.1, -0.05) is 41.4 Å². The molecule has 3 rings (SSSR count). The van der Waals surface area contributed by atoms with Crippen molar-refractivity contribution in [2.45, 2.75) is 11.4 Å². The van der Waals surface area contributed by atoms with Crippen molar-refractivity contribution in [3.8, 4) is 0 Å². The Bertz CT molecular complexity index is 842. The SMILES string of the molecule is CN1CCN(S(=O)(=O)c2ccc(Cl)nc2Cl)Cc2ccccc21. The number of rotatable bonds is 2. The van der Waals surface area contributed by atoms with Crippen molar-refractivity contribution in [2.24, 2.45) is 0 Å². The summed E-state index contributed by atoms with van der Waals surface area (Å²) in [4.78, 5) is 5.86. The van der Waals surface area contributed by atoms with Gasteiger partial charge in [0.2, 0.25) is 10.0 Å². The summed E-state index contributed by atoms with van der Waals surface area (Å²) in [7, 11) is -1.80. The largest absolute Gasteiger partial charge is 0.373 e. The van der Waals surface area contributed by atoms with Crippen molar-refractivity contribution in [1.82, 2.24) is 9.29 Å². The molecule has 0 saturated carbocycles. The fraction of sp³-hybridized carbons (Fsp3) is 0.267. The number of halogens is 2. The maximum atomic E-state index is 12.9. The van der Waals surface area contributed by atoms with Crippen LogP contribution in [0.1, 0.15) is 5.56 Å². The van der Waals surface area contributed by atoms with Gasteiger partial charge in [0, 0.05) is 32.4 Å². The van der Waals surface area contributed by atoms with Crippen molar-refractivity contribution in [3.05, 3.63) is 52.3 Å². The minimum atomic E-state index is -3.75. The number of benzene rings is 1. The van der Waals surface area contributed by atoms with E-state index in [1.165, 1.54) is 16.4 Å². The van der Waals surface area contributed by atoms with Gasteiger partial charge in [-0.05, 0) is 23.8 Å². The average molecular weight is 372 g/mol. The van der Waals surface area contributed by atoms with E-state index in [4.69, 9.17) is 23.2 Å². The summed E-state index contributed by atoms with van der Waals surface area (Å²) >= 11 is 11.7. The monoisotopic (exact) mass is 371 g/mol. The Morgan fingerprint density at radius 1 is 1.09 bits per heavy atom. The van der Waals surface area contributed by atoms with Gasteiger partial charge in [-0.3, -0.25) is 0 Å². The maximum absolute atomic E-state index is 12.9. The molecule has 1 aromatic heterocycles. The van der Waals surface area contributed by atoms with Crippen LogP contribution < -0.4 is 4.90 Å². The molecule has 1 aliphatic heterocycles. The molecule has 0 atom stereocenters. The molecule has 2 heterocycles. The van der Waals surface area contributed by atoms with E-state index in [0.29, 0.717) is 19.6 Å². The third-order valence-corrected chi connectivity index (χ3v) is 6.32. The average Bonchev–Trinajstić information content (AvgIpc) is 2.67. The van der Waals surface area contributed by atoms with E-state index in [1.807, 2.05) is 36.2 Å². The summed E-state index contributed by atoms with van der Waals surface area (Å²) in [5, 5.41) is 0.0540. The Morgan fingerprint density at radius 2 is 1.83 bits per heavy atom. The van der Waals surface area contributed by atoms with Crippen LogP contribution in [0, 0.1) is 0 Å². The quantitative estimate of drug-likeness (QED) is 0.761. The Balaban J connectivity index is 2.01. The summed E-state index contributed by atoms with van der Waals surface area (Å²) in [5.41, 5.74) is 1.99. The van der Waals surface area contributed by atoms with E-state index in [2.05, 4.69) is 4.98 Å². The Hall–Kier alpha value is -1.34. The van der Waals surface area contributed by atoms with Gasteiger partial charge in [0.25, 0.3) is 0 Å². The lowest BCUT2D eigenvalue weighted by Crippen LogP contribution is -2.34. The molecule has 0 fully saturated rings. The Kier molecular flexibility index (Phi) is 4.51. The first kappa shape index (κ1) is 16.5. The highest BCUT2D eigenvalue weighted by Gasteiger charge is 2.30. The van der Waals surface area contributed by atoms with Gasteiger partial charge in [-0.15, -0.1) is 0 Å². The normalized spacial score (nSPS) is 16.0. The second-order valence-corrected chi connectivity index (χ2v) is 7.96. The lowest BCUT2D eigenvalue weighted by Gasteiger charge is -2.21. The number of sulfonamides is 1. The van der Waals surface area contributed by atoms with Crippen molar-refractivity contribution in [1.29, 1.82) is 0 Å². The second kappa shape index (κ2) is 6.28. The highest BCUT2D eigenvalue weighted by Crippen LogP contribution is 2.29. The van der Waals surface area contributed by atoms with E-state index in [0.717, 1.165) is 11.3 Å². The smallest absolute Gasteiger partial charge is 0.246 e. The van der Waals surface area contributed by atoms with Gasteiger partial charge < -0.3 is 4.90 Å². The molecule has 8 heteroatoms. The molecule has 0 radical (unpaired) electrons. The van der Waals surface area contributed by atoms with E-state index in [-0.39, 0.29) is 15.2 Å². The van der Waals surface area contributed by atoms with Gasteiger partial charge in [0.15, 0.2) is 5.15 Å². The van der Waals surface area contributed by atoms with Gasteiger partial charge in [0.05, 0.1) is 0 Å². The molecule has 0 unspecified atom stereocenters. The number of hydrogen-bond donors (Lipinski definition) is 0. The van der Waals surface area contributed by atoms with Crippen LogP contribution in [0.25, 0.3) is 0 Å². The van der Waals surface area contributed by atoms with Gasteiger partial charge in [-0.25, -0.2) is 13.4 Å². The number of nitrogens with zero attached hydrogens (tertiary/aromatic N) is 3. The molecule has 1 aromatic carbocycles. The highest BCUT2D eigenvalue weighted by molar-refractivity contribution is 7.89. The summed E-state index contributed by atoms with van der Waals surface area (Å²) in [6.07, 6.45) is 0. The number of fused-ring (bicyclic) bond motifs is 1. The fourth-order valence-corrected chi connectivity index (χ4v) is 4.65. The summed E-state index contributed by atoms with van der Waals surface area (Å²) in [5.74, 6) is 0. The van der Waals surface area contributed by atoms with E-state index in [9.17, 15) is 8.42 Å². The third kappa shape index (κ3) is 3.17. The molecule has 0 spiro atoms. The maximum Gasteiger partial charge on any atom is 0.246 e. The number of para-hydroxylation sites is 1. The highest BCUT2D eigenvalue weighted by atomic mass is 35.5. The van der Waals surface area contributed by atoms with Crippen molar-refractivity contribution in [3.63, 3.8) is 0 Å². The van der Waals surface area contributed by atoms with Crippen LogP contribution in [-0.4, -0.2) is 37.8 Å². The van der Waals surface area contributed by atoms with Gasteiger partial charge >= 0.3 is 0 Å². The standard InChI is InChI=1S/C15H15Cl2N3O2S/c1-19-8-9-20(10-11-4-2-3-5-12(11)19)23(21,22)13-6-7-14(16)18-15(13)17/h2-7H,8-10H2,1H3. The van der Waals surface area contributed by atoms with E-state index >= 15 is 0 Å². The minimum Gasteiger partial charge on any atom is -0.373 e. The van der Waals surface area contributed by atoms with Crippen LogP contribution in [0.2, 0.25) is 10.3 Å². The molecule has 0 saturated heterocycles. The first-order valence-corrected chi connectivity index (χ1v) is 9.20. The Morgan fingerprint density at radius 3 is 2.57 bits per heavy atom. The second-order valence-electron chi connectivity index (χ2n) is 5.31. The van der Waals surface area contributed by atoms with Crippen molar-refractivity contribution >= 4 is 38.9 Å². The Labute approximate surface area is 145 Å². The predicted molar refractivity (Wildman–Crippen MR) is 91.6 cm³/mol. The van der Waals surface area contributed by atoms with Crippen LogP contribution in [0.3, 0.4) is 0 Å².